The van der Waals surface area contributed by atoms with Crippen LogP contribution in [0.2, 0.25) is 0 Å². The van der Waals surface area contributed by atoms with Crippen LogP contribution >= 0.6 is 0 Å². The van der Waals surface area contributed by atoms with E-state index in [2.05, 4.69) is 36.1 Å². The Kier molecular flexibility index (Phi) is 4.96. The lowest BCUT2D eigenvalue weighted by molar-refractivity contribution is -0.0386. The number of likely N-dealkylation sites (tertiary alicyclic amines) is 1. The smallest absolute Gasteiger partial charge is 0.0698 e. The summed E-state index contributed by atoms with van der Waals surface area (Å²) in [5, 5.41) is 10.7. The molecule has 24 heavy (non-hydrogen) atoms. The summed E-state index contributed by atoms with van der Waals surface area (Å²) in [6, 6.07) is 9.32. The van der Waals surface area contributed by atoms with Crippen LogP contribution in [-0.4, -0.2) is 35.2 Å². The Balaban J connectivity index is 1.38. The van der Waals surface area contributed by atoms with E-state index in [9.17, 15) is 5.11 Å². The Labute approximate surface area is 147 Å². The number of piperidine rings is 1. The maximum Gasteiger partial charge on any atom is 0.0698 e. The highest BCUT2D eigenvalue weighted by Gasteiger charge is 2.40. The fourth-order valence-corrected chi connectivity index (χ4v) is 5.82. The molecule has 3 fully saturated rings. The third-order valence-electron chi connectivity index (χ3n) is 7.23. The van der Waals surface area contributed by atoms with E-state index < -0.39 is 0 Å². The van der Waals surface area contributed by atoms with Crippen LogP contribution in [0.15, 0.2) is 24.3 Å². The van der Waals surface area contributed by atoms with Gasteiger partial charge in [0, 0.05) is 6.04 Å². The van der Waals surface area contributed by atoms with Gasteiger partial charge in [0.2, 0.25) is 0 Å². The van der Waals surface area contributed by atoms with Crippen molar-refractivity contribution in [2.24, 2.45) is 11.8 Å². The van der Waals surface area contributed by atoms with Gasteiger partial charge in [0.25, 0.3) is 0 Å². The Bertz CT molecular complexity index is 549. The standard InChI is InChI=1S/C22H33NO/c1-16-6-2-5-9-20(16)17-10-12-23(13-11-17)21-14-18-7-3-4-8-19(18)15-22(21)24/h2,5-6,9,17-19,21-22,24H,3-4,7-8,10-15H2,1H3/t18-,19-,21?,22?/m0/s1/i1-1. The molecular formula is C22H33NO. The molecule has 1 aromatic rings. The molecule has 1 saturated heterocycles. The average Bonchev–Trinajstić information content (AvgIpc) is 2.62. The first-order valence-electron chi connectivity index (χ1n) is 10.2. The van der Waals surface area contributed by atoms with Crippen molar-refractivity contribution in [3.63, 3.8) is 0 Å². The first-order valence-corrected chi connectivity index (χ1v) is 10.2. The van der Waals surface area contributed by atoms with Gasteiger partial charge in [-0.25, -0.2) is 0 Å². The molecule has 4 atom stereocenters. The number of hydrogen-bond acceptors (Lipinski definition) is 2. The molecule has 3 aliphatic rings. The van der Waals surface area contributed by atoms with Crippen LogP contribution in [0.4, 0.5) is 0 Å². The van der Waals surface area contributed by atoms with Gasteiger partial charge >= 0.3 is 0 Å². The van der Waals surface area contributed by atoms with Crippen molar-refractivity contribution in [1.82, 2.24) is 4.90 Å². The second kappa shape index (κ2) is 7.17. The predicted octanol–water partition coefficient (Wildman–Crippen LogP) is 4.50. The zero-order chi connectivity index (χ0) is 16.5. The van der Waals surface area contributed by atoms with E-state index >= 15 is 0 Å². The van der Waals surface area contributed by atoms with Gasteiger partial charge in [0.05, 0.1) is 6.10 Å². The molecule has 2 nitrogen and oxygen atoms in total. The molecule has 1 N–H and O–H groups in total. The number of aryl methyl sites for hydroxylation is 1. The lowest BCUT2D eigenvalue weighted by Gasteiger charge is -2.48. The van der Waals surface area contributed by atoms with Gasteiger partial charge in [-0.1, -0.05) is 49.9 Å². The number of aliphatic hydroxyl groups is 1. The molecule has 2 aliphatic carbocycles. The molecule has 0 spiro atoms. The van der Waals surface area contributed by atoms with E-state index in [1.54, 1.807) is 5.56 Å². The normalized spacial score (nSPS) is 35.6. The van der Waals surface area contributed by atoms with Crippen molar-refractivity contribution in [3.05, 3.63) is 35.4 Å². The number of rotatable bonds is 2. The van der Waals surface area contributed by atoms with Crippen molar-refractivity contribution in [2.75, 3.05) is 13.1 Å². The van der Waals surface area contributed by atoms with Gasteiger partial charge in [-0.15, -0.1) is 0 Å². The highest BCUT2D eigenvalue weighted by atomic mass is 16.3. The molecule has 1 aromatic carbocycles. The molecule has 0 radical (unpaired) electrons. The minimum atomic E-state index is -0.0839. The maximum absolute atomic E-state index is 10.7. The van der Waals surface area contributed by atoms with E-state index in [1.165, 1.54) is 50.5 Å². The fraction of sp³-hybridized carbons (Fsp3) is 0.727. The van der Waals surface area contributed by atoms with Gasteiger partial charge in [0.1, 0.15) is 0 Å². The van der Waals surface area contributed by atoms with Crippen molar-refractivity contribution in [1.29, 1.82) is 0 Å². The molecule has 0 amide bonds. The number of nitrogens with zero attached hydrogens (tertiary/aromatic N) is 1. The quantitative estimate of drug-likeness (QED) is 0.864. The Hall–Kier alpha value is -0.860. The van der Waals surface area contributed by atoms with Gasteiger partial charge < -0.3 is 5.11 Å². The van der Waals surface area contributed by atoms with Crippen molar-refractivity contribution < 1.29 is 5.11 Å². The molecule has 4 rings (SSSR count). The molecule has 2 unspecified atom stereocenters. The van der Waals surface area contributed by atoms with E-state index in [4.69, 9.17) is 0 Å². The molecule has 0 bridgehead atoms. The van der Waals surface area contributed by atoms with Crippen LogP contribution in [0, 0.1) is 18.8 Å². The minimum Gasteiger partial charge on any atom is -0.391 e. The SMILES string of the molecule is [11CH3]c1ccccc1C1CCN(C2C[C@@H]3CCCC[C@H]3CC2O)CC1. The van der Waals surface area contributed by atoms with Crippen LogP contribution < -0.4 is 0 Å². The van der Waals surface area contributed by atoms with Gasteiger partial charge in [0.15, 0.2) is 0 Å². The van der Waals surface area contributed by atoms with Gasteiger partial charge in [-0.3, -0.25) is 4.90 Å². The highest BCUT2D eigenvalue weighted by molar-refractivity contribution is 5.29. The summed E-state index contributed by atoms with van der Waals surface area (Å²) in [7, 11) is 0. The van der Waals surface area contributed by atoms with Crippen molar-refractivity contribution >= 4 is 0 Å². The monoisotopic (exact) mass is 326 g/mol. The zero-order valence-electron chi connectivity index (χ0n) is 15.2. The number of hydrogen-bond donors (Lipinski definition) is 1. The average molecular weight is 327 g/mol. The second-order valence-electron chi connectivity index (χ2n) is 8.58. The largest absolute Gasteiger partial charge is 0.391 e. The molecule has 2 heteroatoms. The summed E-state index contributed by atoms with van der Waals surface area (Å²) in [5.74, 6) is 2.42. The third-order valence-corrected chi connectivity index (χ3v) is 7.23. The Morgan fingerprint density at radius 3 is 2.29 bits per heavy atom. The van der Waals surface area contributed by atoms with E-state index in [0.717, 1.165) is 31.3 Å². The molecule has 2 saturated carbocycles. The fourth-order valence-electron chi connectivity index (χ4n) is 5.82. The molecule has 0 aromatic heterocycles. The first-order chi connectivity index (χ1) is 11.7. The van der Waals surface area contributed by atoms with Gasteiger partial charge in [-0.2, -0.15) is 0 Å². The van der Waals surface area contributed by atoms with Crippen LogP contribution in [0.3, 0.4) is 0 Å². The molecular weight excluding hydrogens is 293 g/mol. The summed E-state index contributed by atoms with van der Waals surface area (Å²) in [4.78, 5) is 2.63. The minimum absolute atomic E-state index is 0.0839. The molecule has 1 heterocycles. The summed E-state index contributed by atoms with van der Waals surface area (Å²) in [5.41, 5.74) is 2.99. The third kappa shape index (κ3) is 3.28. The van der Waals surface area contributed by atoms with Crippen molar-refractivity contribution in [3.8, 4) is 0 Å². The van der Waals surface area contributed by atoms with Crippen LogP contribution in [0.1, 0.15) is 68.4 Å². The maximum atomic E-state index is 10.7. The van der Waals surface area contributed by atoms with E-state index in [-0.39, 0.29) is 6.10 Å². The van der Waals surface area contributed by atoms with E-state index in [1.807, 2.05) is 0 Å². The van der Waals surface area contributed by atoms with Crippen LogP contribution in [0.5, 0.6) is 0 Å². The molecule has 132 valence electrons. The van der Waals surface area contributed by atoms with Crippen LogP contribution in [0.25, 0.3) is 0 Å². The lowest BCUT2D eigenvalue weighted by Crippen LogP contribution is -2.52. The summed E-state index contributed by atoms with van der Waals surface area (Å²) >= 11 is 0. The number of fused-ring (bicyclic) bond motifs is 1. The highest BCUT2D eigenvalue weighted by Crippen LogP contribution is 2.43. The Morgan fingerprint density at radius 1 is 0.917 bits per heavy atom. The molecule has 1 aliphatic heterocycles. The predicted molar refractivity (Wildman–Crippen MR) is 99.2 cm³/mol. The zero-order valence-corrected chi connectivity index (χ0v) is 15.2. The van der Waals surface area contributed by atoms with Crippen LogP contribution in [-0.2, 0) is 0 Å². The van der Waals surface area contributed by atoms with Gasteiger partial charge in [-0.05, 0) is 74.6 Å². The lowest BCUT2D eigenvalue weighted by atomic mass is 9.68. The Morgan fingerprint density at radius 2 is 1.58 bits per heavy atom. The number of aliphatic hydroxyl groups excluding tert-OH is 1. The first kappa shape index (κ1) is 16.6. The number of benzene rings is 1. The van der Waals surface area contributed by atoms with E-state index in [0.29, 0.717) is 12.0 Å². The topological polar surface area (TPSA) is 23.5 Å². The summed E-state index contributed by atoms with van der Waals surface area (Å²) < 4.78 is 0. The summed E-state index contributed by atoms with van der Waals surface area (Å²) in [6.07, 6.45) is 10.3. The van der Waals surface area contributed by atoms with Crippen molar-refractivity contribution in [2.45, 2.75) is 76.4 Å². The summed E-state index contributed by atoms with van der Waals surface area (Å²) in [6.45, 7) is 4.58. The second-order valence-corrected chi connectivity index (χ2v) is 8.58.